The summed E-state index contributed by atoms with van der Waals surface area (Å²) in [5, 5.41) is 9.40. The largest absolute Gasteiger partial charge is 0.504 e. The first kappa shape index (κ1) is 12.1. The highest BCUT2D eigenvalue weighted by Crippen LogP contribution is 2.27. The molecule has 4 heteroatoms. The van der Waals surface area contributed by atoms with Crippen LogP contribution in [-0.4, -0.2) is 18.1 Å². The van der Waals surface area contributed by atoms with Crippen LogP contribution in [0.3, 0.4) is 0 Å². The van der Waals surface area contributed by atoms with E-state index in [1.165, 1.54) is 13.2 Å². The Kier molecular flexibility index (Phi) is 3.94. The lowest BCUT2D eigenvalue weighted by molar-refractivity contribution is -0.114. The van der Waals surface area contributed by atoms with Crippen LogP contribution in [0.2, 0.25) is 0 Å². The molecule has 0 saturated carbocycles. The van der Waals surface area contributed by atoms with E-state index in [9.17, 15) is 9.90 Å². The van der Waals surface area contributed by atoms with Crippen molar-refractivity contribution in [3.63, 3.8) is 0 Å². The monoisotopic (exact) mass is 221 g/mol. The Hall–Kier alpha value is -1.97. The second-order valence-corrected chi connectivity index (χ2v) is 3.32. The van der Waals surface area contributed by atoms with E-state index >= 15 is 0 Å². The number of phenolic OH excluding ortho intramolecular Hbond substituents is 1. The van der Waals surface area contributed by atoms with Gasteiger partial charge in [-0.1, -0.05) is 13.0 Å². The molecule has 0 aliphatic carbocycles. The first-order chi connectivity index (χ1) is 7.58. The number of ether oxygens (including phenoxy) is 1. The van der Waals surface area contributed by atoms with Crippen LogP contribution in [0, 0.1) is 0 Å². The van der Waals surface area contributed by atoms with E-state index in [0.29, 0.717) is 17.7 Å². The average Bonchev–Trinajstić information content (AvgIpc) is 2.27. The molecule has 0 aromatic heterocycles. The van der Waals surface area contributed by atoms with E-state index in [2.05, 4.69) is 0 Å². The molecule has 1 rings (SSSR count). The highest BCUT2D eigenvalue weighted by molar-refractivity contribution is 5.96. The second kappa shape index (κ2) is 5.21. The molecule has 0 fully saturated rings. The maximum absolute atomic E-state index is 11.0. The zero-order chi connectivity index (χ0) is 12.1. The van der Waals surface area contributed by atoms with Crippen LogP contribution < -0.4 is 10.5 Å². The van der Waals surface area contributed by atoms with Crippen LogP contribution in [0.1, 0.15) is 18.9 Å². The Morgan fingerprint density at radius 3 is 2.75 bits per heavy atom. The predicted molar refractivity (Wildman–Crippen MR) is 62.1 cm³/mol. The average molecular weight is 221 g/mol. The van der Waals surface area contributed by atoms with Gasteiger partial charge in [0.1, 0.15) is 0 Å². The number of benzene rings is 1. The number of carbonyl (C=O) groups excluding carboxylic acids is 1. The molecule has 0 heterocycles. The summed E-state index contributed by atoms with van der Waals surface area (Å²) in [7, 11) is 1.47. The lowest BCUT2D eigenvalue weighted by Crippen LogP contribution is -2.13. The fourth-order valence-corrected chi connectivity index (χ4v) is 1.33. The standard InChI is InChI=1S/C12H15NO3/c1-3-9(12(13)15)6-8-4-5-10(14)11(7-8)16-2/h4-7,14H,3H2,1-2H3,(H2,13,15)/b9-6+. The van der Waals surface area contributed by atoms with Crippen LogP contribution in [0.25, 0.3) is 6.08 Å². The Labute approximate surface area is 94.3 Å². The maximum Gasteiger partial charge on any atom is 0.244 e. The lowest BCUT2D eigenvalue weighted by atomic mass is 10.1. The molecule has 86 valence electrons. The molecule has 0 unspecified atom stereocenters. The van der Waals surface area contributed by atoms with Crippen molar-refractivity contribution < 1.29 is 14.6 Å². The Morgan fingerprint density at radius 1 is 1.56 bits per heavy atom. The minimum absolute atomic E-state index is 0.0665. The summed E-state index contributed by atoms with van der Waals surface area (Å²) in [5.74, 6) is -0.0000104. The molecule has 1 amide bonds. The van der Waals surface area contributed by atoms with Gasteiger partial charge in [0.25, 0.3) is 0 Å². The zero-order valence-electron chi connectivity index (χ0n) is 9.36. The summed E-state index contributed by atoms with van der Waals surface area (Å²) in [6.07, 6.45) is 2.25. The molecule has 1 aromatic rings. The summed E-state index contributed by atoms with van der Waals surface area (Å²) in [6.45, 7) is 1.86. The van der Waals surface area contributed by atoms with Gasteiger partial charge in [0.2, 0.25) is 5.91 Å². The molecule has 3 N–H and O–H groups in total. The van der Waals surface area contributed by atoms with E-state index in [0.717, 1.165) is 5.56 Å². The van der Waals surface area contributed by atoms with Crippen LogP contribution in [0.5, 0.6) is 11.5 Å². The minimum atomic E-state index is -0.436. The van der Waals surface area contributed by atoms with Crippen molar-refractivity contribution >= 4 is 12.0 Å². The van der Waals surface area contributed by atoms with Gasteiger partial charge in [-0.3, -0.25) is 4.79 Å². The number of rotatable bonds is 4. The van der Waals surface area contributed by atoms with Crippen LogP contribution in [-0.2, 0) is 4.79 Å². The number of primary amides is 1. The van der Waals surface area contributed by atoms with Gasteiger partial charge >= 0.3 is 0 Å². The number of amides is 1. The molecule has 0 spiro atoms. The molecule has 1 aromatic carbocycles. The van der Waals surface area contributed by atoms with Gasteiger partial charge < -0.3 is 15.6 Å². The first-order valence-electron chi connectivity index (χ1n) is 4.95. The zero-order valence-corrected chi connectivity index (χ0v) is 9.36. The van der Waals surface area contributed by atoms with Crippen molar-refractivity contribution in [1.82, 2.24) is 0 Å². The van der Waals surface area contributed by atoms with E-state index in [-0.39, 0.29) is 5.75 Å². The SMILES string of the molecule is CC/C(=C\c1ccc(O)c(OC)c1)C(N)=O. The molecule has 16 heavy (non-hydrogen) atoms. The summed E-state index contributed by atoms with van der Waals surface area (Å²) < 4.78 is 4.97. The number of phenols is 1. The van der Waals surface area contributed by atoms with Gasteiger partial charge in [0.15, 0.2) is 11.5 Å². The molecule has 0 saturated heterocycles. The number of carbonyl (C=O) groups is 1. The van der Waals surface area contributed by atoms with Crippen molar-refractivity contribution in [3.05, 3.63) is 29.3 Å². The Morgan fingerprint density at radius 2 is 2.25 bits per heavy atom. The Balaban J connectivity index is 3.10. The molecule has 0 bridgehead atoms. The molecule has 0 atom stereocenters. The molecule has 4 nitrogen and oxygen atoms in total. The highest BCUT2D eigenvalue weighted by atomic mass is 16.5. The highest BCUT2D eigenvalue weighted by Gasteiger charge is 2.04. The number of nitrogens with two attached hydrogens (primary N) is 1. The quantitative estimate of drug-likeness (QED) is 0.760. The number of hydrogen-bond donors (Lipinski definition) is 2. The summed E-state index contributed by atoms with van der Waals surface area (Å²) in [5.41, 5.74) is 6.51. The topological polar surface area (TPSA) is 72.6 Å². The fourth-order valence-electron chi connectivity index (χ4n) is 1.33. The molecule has 0 aliphatic heterocycles. The smallest absolute Gasteiger partial charge is 0.244 e. The lowest BCUT2D eigenvalue weighted by Gasteiger charge is -2.05. The number of methoxy groups -OCH3 is 1. The molecular weight excluding hydrogens is 206 g/mol. The van der Waals surface area contributed by atoms with E-state index in [1.54, 1.807) is 18.2 Å². The minimum Gasteiger partial charge on any atom is -0.504 e. The van der Waals surface area contributed by atoms with Crippen molar-refractivity contribution in [2.45, 2.75) is 13.3 Å². The summed E-state index contributed by atoms with van der Waals surface area (Å²) in [6, 6.07) is 4.85. The van der Waals surface area contributed by atoms with Crippen molar-refractivity contribution in [2.24, 2.45) is 5.73 Å². The molecule has 0 radical (unpaired) electrons. The normalized spacial score (nSPS) is 11.2. The van der Waals surface area contributed by atoms with Crippen LogP contribution >= 0.6 is 0 Å². The van der Waals surface area contributed by atoms with Crippen molar-refractivity contribution in [3.8, 4) is 11.5 Å². The third-order valence-corrected chi connectivity index (χ3v) is 2.24. The van der Waals surface area contributed by atoms with Gasteiger partial charge in [-0.15, -0.1) is 0 Å². The van der Waals surface area contributed by atoms with Gasteiger partial charge in [0, 0.05) is 5.57 Å². The second-order valence-electron chi connectivity index (χ2n) is 3.32. The van der Waals surface area contributed by atoms with Gasteiger partial charge in [-0.25, -0.2) is 0 Å². The number of hydrogen-bond acceptors (Lipinski definition) is 3. The summed E-state index contributed by atoms with van der Waals surface area (Å²) in [4.78, 5) is 11.0. The van der Waals surface area contributed by atoms with Crippen molar-refractivity contribution in [2.75, 3.05) is 7.11 Å². The fraction of sp³-hybridized carbons (Fsp3) is 0.250. The van der Waals surface area contributed by atoms with Gasteiger partial charge in [-0.05, 0) is 30.2 Å². The third kappa shape index (κ3) is 2.76. The first-order valence-corrected chi connectivity index (χ1v) is 4.95. The van der Waals surface area contributed by atoms with Gasteiger partial charge in [-0.2, -0.15) is 0 Å². The number of aromatic hydroxyl groups is 1. The van der Waals surface area contributed by atoms with E-state index < -0.39 is 5.91 Å². The Bertz CT molecular complexity index is 424. The predicted octanol–water partition coefficient (Wildman–Crippen LogP) is 1.68. The van der Waals surface area contributed by atoms with Crippen molar-refractivity contribution in [1.29, 1.82) is 0 Å². The molecule has 0 aliphatic rings. The van der Waals surface area contributed by atoms with Gasteiger partial charge in [0.05, 0.1) is 7.11 Å². The molecular formula is C12H15NO3. The van der Waals surface area contributed by atoms with Crippen LogP contribution in [0.15, 0.2) is 23.8 Å². The van der Waals surface area contributed by atoms with E-state index in [4.69, 9.17) is 10.5 Å². The van der Waals surface area contributed by atoms with Crippen LogP contribution in [0.4, 0.5) is 0 Å². The third-order valence-electron chi connectivity index (χ3n) is 2.24. The maximum atomic E-state index is 11.0. The van der Waals surface area contributed by atoms with E-state index in [1.807, 2.05) is 6.92 Å². The summed E-state index contributed by atoms with van der Waals surface area (Å²) >= 11 is 0.